The number of aromatic nitrogens is 4. The number of halogens is 3. The van der Waals surface area contributed by atoms with Gasteiger partial charge >= 0.3 is 0 Å². The molecule has 0 spiro atoms. The molecule has 2 heterocycles. The molecule has 2 aromatic carbocycles. The van der Waals surface area contributed by atoms with Gasteiger partial charge in [-0.2, -0.15) is 5.26 Å². The molecule has 10 heteroatoms. The monoisotopic (exact) mass is 499 g/mol. The van der Waals surface area contributed by atoms with E-state index in [0.29, 0.717) is 62.3 Å². The maximum Gasteiger partial charge on any atom is 0.269 e. The normalized spacial score (nSPS) is 10.8. The molecule has 1 N–H and O–H groups in total. The minimum absolute atomic E-state index is 0.222. The average Bonchev–Trinajstić information content (AvgIpc) is 3.41. The molecular formula is C23H16Cl3N5O2. The Hall–Kier alpha value is -3.31. The Bertz CT molecular complexity index is 1390. The molecule has 0 aliphatic rings. The number of aromatic amines is 1. The molecule has 0 atom stereocenters. The van der Waals surface area contributed by atoms with E-state index in [4.69, 9.17) is 44.0 Å². The average molecular weight is 501 g/mol. The van der Waals surface area contributed by atoms with Crippen LogP contribution in [0, 0.1) is 11.3 Å². The van der Waals surface area contributed by atoms with Gasteiger partial charge in [-0.15, -0.1) is 10.2 Å². The van der Waals surface area contributed by atoms with Crippen molar-refractivity contribution in [3.05, 3.63) is 80.5 Å². The number of imidazole rings is 1. The van der Waals surface area contributed by atoms with Gasteiger partial charge in [-0.05, 0) is 29.8 Å². The molecule has 4 rings (SSSR count). The number of ether oxygens (including phenoxy) is 1. The van der Waals surface area contributed by atoms with Crippen molar-refractivity contribution in [2.75, 3.05) is 0 Å². The maximum atomic E-state index is 9.19. The van der Waals surface area contributed by atoms with E-state index in [-0.39, 0.29) is 5.89 Å². The molecule has 0 bridgehead atoms. The van der Waals surface area contributed by atoms with Crippen molar-refractivity contribution in [3.8, 4) is 29.2 Å². The summed E-state index contributed by atoms with van der Waals surface area (Å²) in [5, 5.41) is 18.5. The van der Waals surface area contributed by atoms with Gasteiger partial charge in [0.1, 0.15) is 16.7 Å². The second kappa shape index (κ2) is 9.67. The van der Waals surface area contributed by atoms with Gasteiger partial charge in [-0.1, -0.05) is 60.4 Å². The molecule has 0 amide bonds. The summed E-state index contributed by atoms with van der Waals surface area (Å²) in [6.45, 7) is 5.85. The Balaban J connectivity index is 1.65. The largest absolute Gasteiger partial charge is 0.455 e. The zero-order valence-electron chi connectivity index (χ0n) is 17.3. The smallest absolute Gasteiger partial charge is 0.269 e. The molecule has 0 saturated carbocycles. The van der Waals surface area contributed by atoms with Gasteiger partial charge in [0, 0.05) is 17.0 Å². The van der Waals surface area contributed by atoms with Crippen molar-refractivity contribution in [2.24, 2.45) is 0 Å². The highest BCUT2D eigenvalue weighted by Crippen LogP contribution is 2.37. The highest BCUT2D eigenvalue weighted by atomic mass is 35.5. The van der Waals surface area contributed by atoms with E-state index in [9.17, 15) is 5.26 Å². The van der Waals surface area contributed by atoms with Crippen LogP contribution in [0.2, 0.25) is 15.2 Å². The minimum Gasteiger partial charge on any atom is -0.455 e. The number of aryl methyl sites for hydroxylation is 1. The van der Waals surface area contributed by atoms with Crippen LogP contribution in [0.15, 0.2) is 41.3 Å². The lowest BCUT2D eigenvalue weighted by molar-refractivity contribution is 0.480. The molecule has 4 aromatic rings. The lowest BCUT2D eigenvalue weighted by Gasteiger charge is -2.14. The van der Waals surface area contributed by atoms with E-state index in [0.717, 1.165) is 11.4 Å². The molecule has 0 aliphatic heterocycles. The molecule has 2 aromatic heterocycles. The Morgan fingerprint density at radius 1 is 1.21 bits per heavy atom. The molecule has 166 valence electrons. The number of benzene rings is 2. The van der Waals surface area contributed by atoms with Gasteiger partial charge in [-0.25, -0.2) is 4.98 Å². The van der Waals surface area contributed by atoms with Crippen LogP contribution in [-0.4, -0.2) is 20.2 Å². The van der Waals surface area contributed by atoms with Gasteiger partial charge in [0.2, 0.25) is 5.89 Å². The first-order valence-electron chi connectivity index (χ1n) is 9.81. The molecular weight excluding hydrogens is 485 g/mol. The van der Waals surface area contributed by atoms with Crippen LogP contribution >= 0.6 is 34.8 Å². The van der Waals surface area contributed by atoms with Crippen molar-refractivity contribution in [3.63, 3.8) is 0 Å². The number of hydrogen-bond donors (Lipinski definition) is 1. The fraction of sp³-hybridized carbons (Fsp3) is 0.130. The van der Waals surface area contributed by atoms with Gasteiger partial charge in [0.25, 0.3) is 5.89 Å². The predicted molar refractivity (Wildman–Crippen MR) is 127 cm³/mol. The van der Waals surface area contributed by atoms with Crippen molar-refractivity contribution in [1.82, 2.24) is 20.2 Å². The summed E-state index contributed by atoms with van der Waals surface area (Å²) < 4.78 is 11.8. The highest BCUT2D eigenvalue weighted by molar-refractivity contribution is 6.32. The molecule has 0 unspecified atom stereocenters. The summed E-state index contributed by atoms with van der Waals surface area (Å²) in [4.78, 5) is 7.35. The van der Waals surface area contributed by atoms with Crippen LogP contribution < -0.4 is 4.74 Å². The molecule has 0 radical (unpaired) electrons. The second-order valence-corrected chi connectivity index (χ2v) is 8.14. The van der Waals surface area contributed by atoms with Crippen LogP contribution in [0.4, 0.5) is 0 Å². The Kier molecular flexibility index (Phi) is 6.70. The molecule has 33 heavy (non-hydrogen) atoms. The number of nitrogens with zero attached hydrogens (tertiary/aromatic N) is 4. The highest BCUT2D eigenvalue weighted by Gasteiger charge is 2.19. The van der Waals surface area contributed by atoms with Gasteiger partial charge < -0.3 is 14.1 Å². The van der Waals surface area contributed by atoms with Crippen molar-refractivity contribution in [2.45, 2.75) is 19.8 Å². The van der Waals surface area contributed by atoms with E-state index < -0.39 is 0 Å². The van der Waals surface area contributed by atoms with Crippen LogP contribution in [0.3, 0.4) is 0 Å². The molecule has 0 saturated heterocycles. The summed E-state index contributed by atoms with van der Waals surface area (Å²) in [6, 6.07) is 10.3. The number of nitriles is 1. The van der Waals surface area contributed by atoms with Crippen LogP contribution in [-0.2, 0) is 12.8 Å². The fourth-order valence-corrected chi connectivity index (χ4v) is 3.85. The van der Waals surface area contributed by atoms with Gasteiger partial charge in [-0.3, -0.25) is 0 Å². The van der Waals surface area contributed by atoms with Crippen molar-refractivity contribution in [1.29, 1.82) is 5.26 Å². The summed E-state index contributed by atoms with van der Waals surface area (Å²) in [5.41, 5.74) is 2.22. The van der Waals surface area contributed by atoms with Gasteiger partial charge in [0.15, 0.2) is 11.4 Å². The summed E-state index contributed by atoms with van der Waals surface area (Å²) in [5.74, 6) is 2.05. The van der Waals surface area contributed by atoms with E-state index in [1.165, 1.54) is 0 Å². The van der Waals surface area contributed by atoms with Crippen LogP contribution in [0.1, 0.15) is 35.3 Å². The number of hydrogen-bond acceptors (Lipinski definition) is 6. The third-order valence-electron chi connectivity index (χ3n) is 4.72. The number of nitrogens with one attached hydrogen (secondary N) is 1. The van der Waals surface area contributed by atoms with E-state index in [2.05, 4.69) is 26.7 Å². The van der Waals surface area contributed by atoms with Crippen LogP contribution in [0.25, 0.3) is 17.7 Å². The third-order valence-corrected chi connectivity index (χ3v) is 5.51. The quantitative estimate of drug-likeness (QED) is 0.297. The number of H-pyrrole nitrogens is 1. The van der Waals surface area contributed by atoms with E-state index in [1.54, 1.807) is 30.3 Å². The lowest BCUT2D eigenvalue weighted by Crippen LogP contribution is -1.97. The van der Waals surface area contributed by atoms with Gasteiger partial charge in [0.05, 0.1) is 23.1 Å². The summed E-state index contributed by atoms with van der Waals surface area (Å²) in [6.07, 6.45) is 2.62. The SMILES string of the molecule is C=Cc1c(Cc2nnc(-c3nc(CC)[nH]c3Cl)o2)ccc(Cl)c1Oc1cc(Cl)cc(C#N)c1. The summed E-state index contributed by atoms with van der Waals surface area (Å²) in [7, 11) is 0. The molecule has 7 nitrogen and oxygen atoms in total. The topological polar surface area (TPSA) is 101 Å². The fourth-order valence-electron chi connectivity index (χ4n) is 3.19. The number of rotatable bonds is 7. The predicted octanol–water partition coefficient (Wildman–Crippen LogP) is 6.88. The minimum atomic E-state index is 0.222. The maximum absolute atomic E-state index is 9.19. The Morgan fingerprint density at radius 3 is 2.73 bits per heavy atom. The zero-order valence-corrected chi connectivity index (χ0v) is 19.6. The Morgan fingerprint density at radius 2 is 2.03 bits per heavy atom. The second-order valence-electron chi connectivity index (χ2n) is 6.92. The first-order chi connectivity index (χ1) is 15.9. The summed E-state index contributed by atoms with van der Waals surface area (Å²) >= 11 is 18.7. The van der Waals surface area contributed by atoms with E-state index in [1.807, 2.05) is 19.1 Å². The Labute approximate surface area is 204 Å². The first kappa shape index (κ1) is 22.9. The molecule has 0 fully saturated rings. The lowest BCUT2D eigenvalue weighted by atomic mass is 10.0. The van der Waals surface area contributed by atoms with Crippen molar-refractivity contribution < 1.29 is 9.15 Å². The standard InChI is InChI=1S/C23H16Cl3N5O2/c1-3-16-13(9-19-30-31-23(33-19)20-22(26)29-18(4-2)28-20)5-6-17(25)21(16)32-15-8-12(11-27)7-14(24)10-15/h3,5-8,10H,1,4,9H2,2H3,(H,28,29). The molecule has 0 aliphatic carbocycles. The third kappa shape index (κ3) is 4.88. The van der Waals surface area contributed by atoms with Crippen molar-refractivity contribution >= 4 is 40.9 Å². The first-order valence-corrected chi connectivity index (χ1v) is 10.9. The zero-order chi connectivity index (χ0) is 23.5. The van der Waals surface area contributed by atoms with Crippen LogP contribution in [0.5, 0.6) is 11.5 Å². The van der Waals surface area contributed by atoms with E-state index >= 15 is 0 Å².